The van der Waals surface area contributed by atoms with Crippen molar-refractivity contribution in [1.82, 2.24) is 4.31 Å². The molecule has 9 heteroatoms. The van der Waals surface area contributed by atoms with Crippen LogP contribution in [0, 0.1) is 0 Å². The van der Waals surface area contributed by atoms with E-state index in [-0.39, 0.29) is 36.0 Å². The fourth-order valence-corrected chi connectivity index (χ4v) is 5.68. The average Bonchev–Trinajstić information content (AvgIpc) is 2.78. The number of carbonyl (C=O) groups is 1. The lowest BCUT2D eigenvalue weighted by Gasteiger charge is -2.22. The Labute approximate surface area is 209 Å². The van der Waals surface area contributed by atoms with Crippen LogP contribution in [-0.4, -0.2) is 25.2 Å². The molecule has 0 radical (unpaired) electrons. The van der Waals surface area contributed by atoms with Gasteiger partial charge in [-0.05, 0) is 55.6 Å². The molecule has 5 nitrogen and oxygen atoms in total. The van der Waals surface area contributed by atoms with Gasteiger partial charge in [0.2, 0.25) is 10.0 Å². The average molecular weight is 602 g/mol. The molecule has 0 amide bonds. The molecule has 0 aromatic heterocycles. The summed E-state index contributed by atoms with van der Waals surface area (Å²) in [7, 11) is -3.93. The molecule has 168 valence electrons. The van der Waals surface area contributed by atoms with Crippen LogP contribution in [0.4, 0.5) is 0 Å². The molecule has 32 heavy (non-hydrogen) atoms. The Bertz CT molecular complexity index is 1190. The predicted molar refractivity (Wildman–Crippen MR) is 132 cm³/mol. The zero-order valence-electron chi connectivity index (χ0n) is 16.9. The van der Waals surface area contributed by atoms with Crippen LogP contribution >= 0.6 is 43.5 Å². The Balaban J connectivity index is 1.73. The molecule has 3 aromatic carbocycles. The van der Waals surface area contributed by atoms with E-state index in [1.54, 1.807) is 12.1 Å². The summed E-state index contributed by atoms with van der Waals surface area (Å²) in [5.74, 6) is -0.496. The first-order valence-electron chi connectivity index (χ1n) is 9.66. The molecule has 0 aliphatic rings. The van der Waals surface area contributed by atoms with Crippen LogP contribution < -0.4 is 0 Å². The van der Waals surface area contributed by atoms with E-state index in [1.807, 2.05) is 48.5 Å². The van der Waals surface area contributed by atoms with E-state index >= 15 is 0 Å². The fourth-order valence-electron chi connectivity index (χ4n) is 2.97. The van der Waals surface area contributed by atoms with Gasteiger partial charge in [-0.2, -0.15) is 4.31 Å². The summed E-state index contributed by atoms with van der Waals surface area (Å²) in [6, 6.07) is 21.0. The molecule has 3 aromatic rings. The van der Waals surface area contributed by atoms with E-state index in [2.05, 4.69) is 31.9 Å². The minimum absolute atomic E-state index is 0.00373. The molecular weight excluding hydrogens is 582 g/mol. The third kappa shape index (κ3) is 6.42. The van der Waals surface area contributed by atoms with E-state index in [1.165, 1.54) is 16.4 Å². The van der Waals surface area contributed by atoms with Gasteiger partial charge in [0, 0.05) is 27.6 Å². The fraction of sp³-hybridized carbons (Fsp3) is 0.174. The molecule has 0 heterocycles. The van der Waals surface area contributed by atoms with Gasteiger partial charge in [0.15, 0.2) is 0 Å². The van der Waals surface area contributed by atoms with Crippen LogP contribution in [0.15, 0.2) is 86.6 Å². The topological polar surface area (TPSA) is 63.7 Å². The lowest BCUT2D eigenvalue weighted by atomic mass is 10.2. The van der Waals surface area contributed by atoms with E-state index in [0.717, 1.165) is 20.1 Å². The number of carbonyl (C=O) groups excluding carboxylic acids is 1. The molecule has 0 N–H and O–H groups in total. The Kier molecular flexibility index (Phi) is 8.90. The Hall–Kier alpha value is -1.71. The van der Waals surface area contributed by atoms with Crippen LogP contribution in [0.25, 0.3) is 0 Å². The highest BCUT2D eigenvalue weighted by molar-refractivity contribution is 9.13. The smallest absolute Gasteiger partial charge is 0.307 e. The Morgan fingerprint density at radius 1 is 0.938 bits per heavy atom. The predicted octanol–water partition coefficient (Wildman–Crippen LogP) is 6.19. The number of esters is 1. The van der Waals surface area contributed by atoms with Crippen LogP contribution in [0.1, 0.15) is 17.5 Å². The van der Waals surface area contributed by atoms with Crippen molar-refractivity contribution in [1.29, 1.82) is 0 Å². The number of hydrogen-bond donors (Lipinski definition) is 0. The minimum atomic E-state index is -3.93. The van der Waals surface area contributed by atoms with Crippen molar-refractivity contribution in [2.24, 2.45) is 0 Å². The van der Waals surface area contributed by atoms with E-state index in [9.17, 15) is 13.2 Å². The summed E-state index contributed by atoms with van der Waals surface area (Å²) in [6.45, 7) is 0.147. The quantitative estimate of drug-likeness (QED) is 0.275. The van der Waals surface area contributed by atoms with Crippen molar-refractivity contribution in [3.63, 3.8) is 0 Å². The molecule has 3 rings (SSSR count). The SMILES string of the molecule is O=C(CCN(Cc1ccccc1)S(=O)(=O)c1ccccc1Cl)OCc1cccc(Br)c1Br. The molecule has 0 atom stereocenters. The van der Waals surface area contributed by atoms with E-state index < -0.39 is 16.0 Å². The van der Waals surface area contributed by atoms with Gasteiger partial charge in [-0.25, -0.2) is 8.42 Å². The summed E-state index contributed by atoms with van der Waals surface area (Å²) in [5.41, 5.74) is 1.60. The van der Waals surface area contributed by atoms with Gasteiger partial charge in [0.1, 0.15) is 11.5 Å². The highest BCUT2D eigenvalue weighted by Crippen LogP contribution is 2.28. The standard InChI is InChI=1S/C23H20Br2ClNO4S/c24-19-10-6-9-18(23(19)25)16-31-22(28)13-14-27(15-17-7-2-1-3-8-17)32(29,30)21-12-5-4-11-20(21)26/h1-12H,13-16H2. The number of halogens is 3. The third-order valence-corrected chi connectivity index (χ3v) is 9.12. The van der Waals surface area contributed by atoms with E-state index in [4.69, 9.17) is 16.3 Å². The van der Waals surface area contributed by atoms with Gasteiger partial charge in [-0.1, -0.05) is 66.2 Å². The molecule has 0 fully saturated rings. The summed E-state index contributed by atoms with van der Waals surface area (Å²) < 4.78 is 34.9. The molecule has 0 spiro atoms. The van der Waals surface area contributed by atoms with Gasteiger partial charge in [0.05, 0.1) is 11.4 Å². The lowest BCUT2D eigenvalue weighted by Crippen LogP contribution is -2.33. The van der Waals surface area contributed by atoms with Gasteiger partial charge >= 0.3 is 5.97 Å². The second-order valence-electron chi connectivity index (χ2n) is 6.88. The zero-order chi connectivity index (χ0) is 23.1. The monoisotopic (exact) mass is 599 g/mol. The Morgan fingerprint density at radius 3 is 2.34 bits per heavy atom. The maximum atomic E-state index is 13.3. The van der Waals surface area contributed by atoms with Crippen molar-refractivity contribution >= 4 is 59.5 Å². The van der Waals surface area contributed by atoms with Crippen molar-refractivity contribution in [3.05, 3.63) is 97.9 Å². The second-order valence-corrected chi connectivity index (χ2v) is 10.8. The van der Waals surface area contributed by atoms with Gasteiger partial charge < -0.3 is 4.74 Å². The largest absolute Gasteiger partial charge is 0.461 e. The minimum Gasteiger partial charge on any atom is -0.461 e. The van der Waals surface area contributed by atoms with Gasteiger partial charge in [-0.3, -0.25) is 4.79 Å². The number of nitrogens with zero attached hydrogens (tertiary/aromatic N) is 1. The lowest BCUT2D eigenvalue weighted by molar-refractivity contribution is -0.145. The first kappa shape index (κ1) is 24.9. The number of sulfonamides is 1. The summed E-state index contributed by atoms with van der Waals surface area (Å²) in [5, 5.41) is 0.132. The molecule has 0 bridgehead atoms. The van der Waals surface area contributed by atoms with Crippen LogP contribution in [-0.2, 0) is 32.7 Å². The van der Waals surface area contributed by atoms with Gasteiger partial charge in [-0.15, -0.1) is 0 Å². The highest BCUT2D eigenvalue weighted by atomic mass is 79.9. The van der Waals surface area contributed by atoms with Crippen molar-refractivity contribution < 1.29 is 17.9 Å². The van der Waals surface area contributed by atoms with Crippen molar-refractivity contribution in [3.8, 4) is 0 Å². The van der Waals surface area contributed by atoms with Crippen LogP contribution in [0.3, 0.4) is 0 Å². The molecule has 0 aliphatic carbocycles. The van der Waals surface area contributed by atoms with Crippen LogP contribution in [0.2, 0.25) is 5.02 Å². The first-order valence-corrected chi connectivity index (χ1v) is 13.1. The van der Waals surface area contributed by atoms with Crippen molar-refractivity contribution in [2.45, 2.75) is 24.5 Å². The Morgan fingerprint density at radius 2 is 1.62 bits per heavy atom. The normalized spacial score (nSPS) is 11.5. The first-order chi connectivity index (χ1) is 15.3. The summed E-state index contributed by atoms with van der Waals surface area (Å²) >= 11 is 13.0. The third-order valence-electron chi connectivity index (χ3n) is 4.64. The molecule has 0 saturated carbocycles. The maximum Gasteiger partial charge on any atom is 0.307 e. The molecule has 0 aliphatic heterocycles. The summed E-state index contributed by atoms with van der Waals surface area (Å²) in [6.07, 6.45) is -0.0951. The van der Waals surface area contributed by atoms with Gasteiger partial charge in [0.25, 0.3) is 0 Å². The zero-order valence-corrected chi connectivity index (χ0v) is 21.6. The molecular formula is C23H20Br2ClNO4S. The number of hydrogen-bond acceptors (Lipinski definition) is 4. The maximum absolute atomic E-state index is 13.3. The highest BCUT2D eigenvalue weighted by Gasteiger charge is 2.27. The number of ether oxygens (including phenoxy) is 1. The number of benzene rings is 3. The molecule has 0 saturated heterocycles. The summed E-state index contributed by atoms with van der Waals surface area (Å²) in [4.78, 5) is 12.4. The van der Waals surface area contributed by atoms with Crippen molar-refractivity contribution in [2.75, 3.05) is 6.54 Å². The van der Waals surface area contributed by atoms with E-state index in [0.29, 0.717) is 0 Å². The molecule has 0 unspecified atom stereocenters. The second kappa shape index (κ2) is 11.4. The number of rotatable bonds is 9. The van der Waals surface area contributed by atoms with Crippen LogP contribution in [0.5, 0.6) is 0 Å².